The van der Waals surface area contributed by atoms with Gasteiger partial charge in [-0.05, 0) is 25.1 Å². The average molecular weight is 244 g/mol. The first-order chi connectivity index (χ1) is 8.68. The zero-order chi connectivity index (χ0) is 13.0. The fourth-order valence-corrected chi connectivity index (χ4v) is 1.67. The smallest absolute Gasteiger partial charge is 0.270 e. The molecule has 0 saturated carbocycles. The van der Waals surface area contributed by atoms with Crippen LogP contribution in [0.15, 0.2) is 48.7 Å². The first kappa shape index (κ1) is 12.2. The SMILES string of the molecule is CC(NC(=O)c1ccccn1)c1ccccc1F. The van der Waals surface area contributed by atoms with Gasteiger partial charge < -0.3 is 5.32 Å². The van der Waals surface area contributed by atoms with Crippen molar-refractivity contribution < 1.29 is 9.18 Å². The number of aromatic nitrogens is 1. The normalized spacial score (nSPS) is 11.9. The van der Waals surface area contributed by atoms with Crippen molar-refractivity contribution in [2.75, 3.05) is 0 Å². The Morgan fingerprint density at radius 2 is 1.94 bits per heavy atom. The largest absolute Gasteiger partial charge is 0.344 e. The number of amides is 1. The quantitative estimate of drug-likeness (QED) is 0.902. The van der Waals surface area contributed by atoms with Gasteiger partial charge in [0.15, 0.2) is 0 Å². The van der Waals surface area contributed by atoms with Gasteiger partial charge in [-0.3, -0.25) is 9.78 Å². The predicted molar refractivity (Wildman–Crippen MR) is 66.5 cm³/mol. The highest BCUT2D eigenvalue weighted by Gasteiger charge is 2.14. The summed E-state index contributed by atoms with van der Waals surface area (Å²) in [7, 11) is 0. The number of carbonyl (C=O) groups is 1. The Morgan fingerprint density at radius 3 is 2.61 bits per heavy atom. The van der Waals surface area contributed by atoms with E-state index in [1.165, 1.54) is 6.07 Å². The molecule has 2 aromatic rings. The summed E-state index contributed by atoms with van der Waals surface area (Å²) in [6.07, 6.45) is 1.54. The predicted octanol–water partition coefficient (Wildman–Crippen LogP) is 2.71. The maximum absolute atomic E-state index is 13.5. The summed E-state index contributed by atoms with van der Waals surface area (Å²) in [5, 5.41) is 2.71. The summed E-state index contributed by atoms with van der Waals surface area (Å²) in [5.41, 5.74) is 0.780. The molecule has 1 N–H and O–H groups in total. The molecule has 0 spiro atoms. The van der Waals surface area contributed by atoms with Gasteiger partial charge >= 0.3 is 0 Å². The molecule has 1 unspecified atom stereocenters. The Kier molecular flexibility index (Phi) is 3.67. The average Bonchev–Trinajstić information content (AvgIpc) is 2.40. The molecule has 0 aliphatic carbocycles. The number of rotatable bonds is 3. The van der Waals surface area contributed by atoms with Gasteiger partial charge in [-0.25, -0.2) is 4.39 Å². The third-order valence-electron chi connectivity index (χ3n) is 2.62. The van der Waals surface area contributed by atoms with Crippen LogP contribution in [0.3, 0.4) is 0 Å². The van der Waals surface area contributed by atoms with Crippen LogP contribution in [-0.4, -0.2) is 10.9 Å². The van der Waals surface area contributed by atoms with E-state index < -0.39 is 6.04 Å². The topological polar surface area (TPSA) is 42.0 Å². The van der Waals surface area contributed by atoms with Gasteiger partial charge in [0, 0.05) is 11.8 Å². The van der Waals surface area contributed by atoms with Crippen LogP contribution in [0.1, 0.15) is 29.0 Å². The molecule has 1 atom stereocenters. The summed E-state index contributed by atoms with van der Waals surface area (Å²) in [6, 6.07) is 11.1. The van der Waals surface area contributed by atoms with Gasteiger partial charge in [0.1, 0.15) is 11.5 Å². The van der Waals surface area contributed by atoms with Crippen molar-refractivity contribution in [1.82, 2.24) is 10.3 Å². The molecule has 92 valence electrons. The van der Waals surface area contributed by atoms with Crippen LogP contribution in [0.5, 0.6) is 0 Å². The van der Waals surface area contributed by atoms with Gasteiger partial charge in [-0.1, -0.05) is 24.3 Å². The van der Waals surface area contributed by atoms with Crippen molar-refractivity contribution >= 4 is 5.91 Å². The molecule has 1 aromatic carbocycles. The van der Waals surface area contributed by atoms with Crippen LogP contribution in [-0.2, 0) is 0 Å². The van der Waals surface area contributed by atoms with Crippen LogP contribution in [0.25, 0.3) is 0 Å². The molecule has 0 saturated heterocycles. The molecule has 1 amide bonds. The lowest BCUT2D eigenvalue weighted by atomic mass is 10.1. The molecular weight excluding hydrogens is 231 g/mol. The number of hydrogen-bond donors (Lipinski definition) is 1. The van der Waals surface area contributed by atoms with E-state index in [1.54, 1.807) is 49.5 Å². The first-order valence-corrected chi connectivity index (χ1v) is 5.65. The van der Waals surface area contributed by atoms with Crippen LogP contribution in [0, 0.1) is 5.82 Å². The minimum absolute atomic E-state index is 0.314. The Bertz CT molecular complexity index is 543. The van der Waals surface area contributed by atoms with Gasteiger partial charge in [-0.15, -0.1) is 0 Å². The molecule has 0 aliphatic rings. The highest BCUT2D eigenvalue weighted by molar-refractivity contribution is 5.92. The zero-order valence-corrected chi connectivity index (χ0v) is 9.93. The Hall–Kier alpha value is -2.23. The summed E-state index contributed by atoms with van der Waals surface area (Å²) < 4.78 is 13.5. The van der Waals surface area contributed by atoms with E-state index in [0.29, 0.717) is 11.3 Å². The maximum atomic E-state index is 13.5. The minimum Gasteiger partial charge on any atom is -0.344 e. The zero-order valence-electron chi connectivity index (χ0n) is 9.93. The van der Waals surface area contributed by atoms with Crippen molar-refractivity contribution in [2.45, 2.75) is 13.0 Å². The van der Waals surface area contributed by atoms with Crippen molar-refractivity contribution in [3.05, 3.63) is 65.7 Å². The molecule has 4 heteroatoms. The number of benzene rings is 1. The molecule has 0 radical (unpaired) electrons. The second-order valence-electron chi connectivity index (χ2n) is 3.93. The molecule has 18 heavy (non-hydrogen) atoms. The lowest BCUT2D eigenvalue weighted by molar-refractivity contribution is 0.0934. The summed E-state index contributed by atoms with van der Waals surface area (Å²) in [4.78, 5) is 15.8. The molecule has 1 aromatic heterocycles. The number of carbonyl (C=O) groups excluding carboxylic acids is 1. The summed E-state index contributed by atoms with van der Waals surface area (Å²) in [6.45, 7) is 1.74. The van der Waals surface area contributed by atoms with Gasteiger partial charge in [0.2, 0.25) is 0 Å². The standard InChI is InChI=1S/C14H13FN2O/c1-10(11-6-2-3-7-12(11)15)17-14(18)13-8-4-5-9-16-13/h2-10H,1H3,(H,17,18). The molecule has 0 fully saturated rings. The van der Waals surface area contributed by atoms with Crippen LogP contribution in [0.2, 0.25) is 0 Å². The highest BCUT2D eigenvalue weighted by Crippen LogP contribution is 2.16. The second kappa shape index (κ2) is 5.40. The van der Waals surface area contributed by atoms with Crippen LogP contribution >= 0.6 is 0 Å². The number of nitrogens with one attached hydrogen (secondary N) is 1. The van der Waals surface area contributed by atoms with E-state index in [0.717, 1.165) is 0 Å². The second-order valence-corrected chi connectivity index (χ2v) is 3.93. The van der Waals surface area contributed by atoms with E-state index in [9.17, 15) is 9.18 Å². The molecular formula is C14H13FN2O. The minimum atomic E-state index is -0.402. The number of nitrogens with zero attached hydrogens (tertiary/aromatic N) is 1. The Balaban J connectivity index is 2.11. The molecule has 0 aliphatic heterocycles. The molecule has 3 nitrogen and oxygen atoms in total. The molecule has 1 heterocycles. The van der Waals surface area contributed by atoms with E-state index in [1.807, 2.05) is 0 Å². The molecule has 0 bridgehead atoms. The highest BCUT2D eigenvalue weighted by atomic mass is 19.1. The lowest BCUT2D eigenvalue weighted by Gasteiger charge is -2.14. The van der Waals surface area contributed by atoms with E-state index in [2.05, 4.69) is 10.3 Å². The van der Waals surface area contributed by atoms with Crippen molar-refractivity contribution in [2.24, 2.45) is 0 Å². The Morgan fingerprint density at radius 1 is 1.22 bits per heavy atom. The molecule has 2 rings (SSSR count). The third-order valence-corrected chi connectivity index (χ3v) is 2.62. The fourth-order valence-electron chi connectivity index (χ4n) is 1.67. The van der Waals surface area contributed by atoms with Crippen LogP contribution < -0.4 is 5.32 Å². The summed E-state index contributed by atoms with van der Waals surface area (Å²) >= 11 is 0. The van der Waals surface area contributed by atoms with Gasteiger partial charge in [0.05, 0.1) is 6.04 Å². The Labute approximate surface area is 105 Å². The fraction of sp³-hybridized carbons (Fsp3) is 0.143. The maximum Gasteiger partial charge on any atom is 0.270 e. The number of pyridine rings is 1. The summed E-state index contributed by atoms with van der Waals surface area (Å²) in [5.74, 6) is -0.641. The van der Waals surface area contributed by atoms with Crippen molar-refractivity contribution in [1.29, 1.82) is 0 Å². The van der Waals surface area contributed by atoms with Gasteiger partial charge in [-0.2, -0.15) is 0 Å². The van der Waals surface area contributed by atoms with Crippen molar-refractivity contribution in [3.8, 4) is 0 Å². The number of hydrogen-bond acceptors (Lipinski definition) is 2. The van der Waals surface area contributed by atoms with E-state index in [-0.39, 0.29) is 11.7 Å². The number of halogens is 1. The van der Waals surface area contributed by atoms with Crippen LogP contribution in [0.4, 0.5) is 4.39 Å². The third kappa shape index (κ3) is 2.71. The lowest BCUT2D eigenvalue weighted by Crippen LogP contribution is -2.27. The van der Waals surface area contributed by atoms with Crippen molar-refractivity contribution in [3.63, 3.8) is 0 Å². The van der Waals surface area contributed by atoms with E-state index in [4.69, 9.17) is 0 Å². The first-order valence-electron chi connectivity index (χ1n) is 5.65. The monoisotopic (exact) mass is 244 g/mol. The van der Waals surface area contributed by atoms with E-state index >= 15 is 0 Å². The van der Waals surface area contributed by atoms with Gasteiger partial charge in [0.25, 0.3) is 5.91 Å².